The molecule has 2 aromatic heterocycles. The van der Waals surface area contributed by atoms with Crippen LogP contribution in [0.2, 0.25) is 0 Å². The van der Waals surface area contributed by atoms with Crippen LogP contribution in [0.15, 0.2) is 43.4 Å². The molecule has 37 heavy (non-hydrogen) atoms. The van der Waals surface area contributed by atoms with Crippen molar-refractivity contribution < 1.29 is 9.84 Å². The minimum Gasteiger partial charge on any atom is -0.494 e. The van der Waals surface area contributed by atoms with E-state index < -0.39 is 34.3 Å². The van der Waals surface area contributed by atoms with Crippen LogP contribution >= 0.6 is 0 Å². The van der Waals surface area contributed by atoms with Gasteiger partial charge in [0.05, 0.1) is 17.0 Å². The van der Waals surface area contributed by atoms with Crippen molar-refractivity contribution in [3.63, 3.8) is 0 Å². The van der Waals surface area contributed by atoms with E-state index in [1.54, 1.807) is 24.3 Å². The number of nitrogens with one attached hydrogen (secondary N) is 2. The molecule has 1 atom stereocenters. The first-order valence-corrected chi connectivity index (χ1v) is 12.8. The summed E-state index contributed by atoms with van der Waals surface area (Å²) in [4.78, 5) is 57.3. The second-order valence-corrected chi connectivity index (χ2v) is 10.4. The molecule has 0 aliphatic carbocycles. The summed E-state index contributed by atoms with van der Waals surface area (Å²) in [7, 11) is 0. The number of ether oxygens (including phenoxy) is 1. The fraction of sp³-hybridized carbons (Fsp3) is 0.481. The SMILES string of the molecule is CC(C)CCCn1c(O)c(C2c3ccccc3Oc3[nH]c(=O)n(CCCC(C)C)c(=O)c32)c(=O)[nH]c1=O. The molecule has 0 fully saturated rings. The zero-order valence-corrected chi connectivity index (χ0v) is 21.7. The monoisotopic (exact) mass is 510 g/mol. The minimum absolute atomic E-state index is 0.0380. The van der Waals surface area contributed by atoms with Gasteiger partial charge in [-0.15, -0.1) is 0 Å². The highest BCUT2D eigenvalue weighted by Gasteiger charge is 2.37. The van der Waals surface area contributed by atoms with E-state index in [0.29, 0.717) is 36.0 Å². The molecule has 1 aliphatic heterocycles. The Bertz CT molecular complexity index is 1520. The zero-order valence-electron chi connectivity index (χ0n) is 21.7. The molecular weight excluding hydrogens is 476 g/mol. The number of para-hydroxylation sites is 1. The Kier molecular flexibility index (Phi) is 7.56. The number of hydrogen-bond acceptors (Lipinski definition) is 6. The Balaban J connectivity index is 1.93. The van der Waals surface area contributed by atoms with E-state index in [2.05, 4.69) is 37.7 Å². The molecule has 0 radical (unpaired) electrons. The second kappa shape index (κ2) is 10.7. The average Bonchev–Trinajstić information content (AvgIpc) is 2.82. The van der Waals surface area contributed by atoms with E-state index in [1.165, 1.54) is 0 Å². The predicted octanol–water partition coefficient (Wildman–Crippen LogP) is 3.25. The molecule has 1 aromatic carbocycles. The minimum atomic E-state index is -1.05. The summed E-state index contributed by atoms with van der Waals surface area (Å²) in [6.45, 7) is 8.64. The number of H-pyrrole nitrogens is 2. The molecule has 3 N–H and O–H groups in total. The fourth-order valence-electron chi connectivity index (χ4n) is 4.84. The Hall–Kier alpha value is -3.82. The maximum atomic E-state index is 13.7. The highest BCUT2D eigenvalue weighted by atomic mass is 16.5. The number of hydrogen-bond donors (Lipinski definition) is 3. The highest BCUT2D eigenvalue weighted by molar-refractivity contribution is 5.56. The van der Waals surface area contributed by atoms with Crippen molar-refractivity contribution >= 4 is 0 Å². The third-order valence-corrected chi connectivity index (χ3v) is 6.74. The van der Waals surface area contributed by atoms with Crippen LogP contribution in [0.5, 0.6) is 17.5 Å². The van der Waals surface area contributed by atoms with Gasteiger partial charge in [0.15, 0.2) is 0 Å². The fourth-order valence-corrected chi connectivity index (χ4v) is 4.84. The van der Waals surface area contributed by atoms with Crippen molar-refractivity contribution in [3.05, 3.63) is 82.6 Å². The van der Waals surface area contributed by atoms with E-state index in [9.17, 15) is 24.3 Å². The lowest BCUT2D eigenvalue weighted by molar-refractivity contribution is 0.374. The normalized spacial score (nSPS) is 14.5. The number of aromatic hydroxyl groups is 1. The number of benzene rings is 1. The van der Waals surface area contributed by atoms with Crippen molar-refractivity contribution in [2.45, 2.75) is 72.4 Å². The average molecular weight is 511 g/mol. The Morgan fingerprint density at radius 2 is 1.46 bits per heavy atom. The van der Waals surface area contributed by atoms with Crippen LogP contribution in [-0.2, 0) is 13.1 Å². The summed E-state index contributed by atoms with van der Waals surface area (Å²) in [6, 6.07) is 6.81. The third kappa shape index (κ3) is 5.19. The number of aromatic amines is 2. The maximum absolute atomic E-state index is 13.7. The first kappa shape index (κ1) is 26.2. The molecular formula is C27H34N4O6. The largest absolute Gasteiger partial charge is 0.494 e. The first-order valence-electron chi connectivity index (χ1n) is 12.8. The number of aromatic nitrogens is 4. The van der Waals surface area contributed by atoms with Crippen LogP contribution in [0.1, 0.15) is 76.0 Å². The molecule has 10 nitrogen and oxygen atoms in total. The number of rotatable bonds is 9. The van der Waals surface area contributed by atoms with Gasteiger partial charge < -0.3 is 9.84 Å². The molecule has 10 heteroatoms. The van der Waals surface area contributed by atoms with Crippen LogP contribution in [-0.4, -0.2) is 24.2 Å². The summed E-state index contributed by atoms with van der Waals surface area (Å²) in [5.41, 5.74) is -2.35. The summed E-state index contributed by atoms with van der Waals surface area (Å²) >= 11 is 0. The summed E-state index contributed by atoms with van der Waals surface area (Å²) in [6.07, 6.45) is 2.89. The second-order valence-electron chi connectivity index (χ2n) is 10.4. The topological polar surface area (TPSA) is 139 Å². The van der Waals surface area contributed by atoms with E-state index in [1.807, 2.05) is 0 Å². The van der Waals surface area contributed by atoms with Gasteiger partial charge in [-0.05, 0) is 43.6 Å². The third-order valence-electron chi connectivity index (χ3n) is 6.74. The number of fused-ring (bicyclic) bond motifs is 2. The van der Waals surface area contributed by atoms with Gasteiger partial charge in [0, 0.05) is 18.7 Å². The molecule has 0 bridgehead atoms. The van der Waals surface area contributed by atoms with E-state index >= 15 is 0 Å². The van der Waals surface area contributed by atoms with Gasteiger partial charge in [-0.2, -0.15) is 0 Å². The molecule has 1 unspecified atom stereocenters. The zero-order chi connectivity index (χ0) is 26.9. The quantitative estimate of drug-likeness (QED) is 0.316. The maximum Gasteiger partial charge on any atom is 0.331 e. The molecule has 1 aliphatic rings. The van der Waals surface area contributed by atoms with Crippen molar-refractivity contribution in [2.24, 2.45) is 11.8 Å². The predicted molar refractivity (Wildman–Crippen MR) is 140 cm³/mol. The molecule has 4 rings (SSSR count). The van der Waals surface area contributed by atoms with Gasteiger partial charge in [-0.25, -0.2) is 9.59 Å². The van der Waals surface area contributed by atoms with Gasteiger partial charge in [0.25, 0.3) is 11.1 Å². The van der Waals surface area contributed by atoms with E-state index in [4.69, 9.17) is 4.74 Å². The molecule has 3 aromatic rings. The van der Waals surface area contributed by atoms with Gasteiger partial charge in [0.1, 0.15) is 5.75 Å². The van der Waals surface area contributed by atoms with Gasteiger partial charge >= 0.3 is 11.4 Å². The molecule has 0 saturated carbocycles. The lowest BCUT2D eigenvalue weighted by Crippen LogP contribution is -2.41. The molecule has 198 valence electrons. The van der Waals surface area contributed by atoms with Crippen molar-refractivity contribution in [1.29, 1.82) is 0 Å². The van der Waals surface area contributed by atoms with Crippen LogP contribution < -0.4 is 27.2 Å². The van der Waals surface area contributed by atoms with Gasteiger partial charge in [-0.1, -0.05) is 45.9 Å². The Morgan fingerprint density at radius 1 is 0.865 bits per heavy atom. The van der Waals surface area contributed by atoms with E-state index in [-0.39, 0.29) is 30.1 Å². The molecule has 0 saturated heterocycles. The van der Waals surface area contributed by atoms with Gasteiger partial charge in [0.2, 0.25) is 11.8 Å². The van der Waals surface area contributed by atoms with Crippen LogP contribution in [0.4, 0.5) is 0 Å². The van der Waals surface area contributed by atoms with Crippen molar-refractivity contribution in [1.82, 2.24) is 19.1 Å². The standard InChI is InChI=1S/C27H34N4O6/c1-15(2)9-7-13-30-24(33)20(22(32)28-26(30)35)19-17-11-5-6-12-18(17)37-23-21(19)25(34)31(27(36)29-23)14-8-10-16(3)4/h5-6,11-12,15-16,19,33H,7-10,13-14H2,1-4H3,(H,29,36)(H,28,32,35). The first-order chi connectivity index (χ1) is 17.6. The molecule has 3 heterocycles. The van der Waals surface area contributed by atoms with Gasteiger partial charge in [-0.3, -0.25) is 28.7 Å². The Morgan fingerprint density at radius 3 is 2.11 bits per heavy atom. The van der Waals surface area contributed by atoms with Crippen molar-refractivity contribution in [2.75, 3.05) is 0 Å². The van der Waals surface area contributed by atoms with Crippen molar-refractivity contribution in [3.8, 4) is 17.5 Å². The number of nitrogens with zero attached hydrogens (tertiary/aromatic N) is 2. The lowest BCUT2D eigenvalue weighted by Gasteiger charge is -2.28. The van der Waals surface area contributed by atoms with Crippen LogP contribution in [0.3, 0.4) is 0 Å². The van der Waals surface area contributed by atoms with E-state index in [0.717, 1.165) is 22.0 Å². The van der Waals surface area contributed by atoms with Crippen LogP contribution in [0, 0.1) is 11.8 Å². The summed E-state index contributed by atoms with van der Waals surface area (Å²) < 4.78 is 8.12. The highest BCUT2D eigenvalue weighted by Crippen LogP contribution is 2.45. The Labute approximate surface area is 213 Å². The summed E-state index contributed by atoms with van der Waals surface area (Å²) in [5, 5.41) is 11.3. The van der Waals surface area contributed by atoms with Crippen LogP contribution in [0.25, 0.3) is 0 Å². The molecule has 0 spiro atoms. The smallest absolute Gasteiger partial charge is 0.331 e. The summed E-state index contributed by atoms with van der Waals surface area (Å²) in [5.74, 6) is -0.481. The lowest BCUT2D eigenvalue weighted by atomic mass is 9.84. The molecule has 0 amide bonds.